The summed E-state index contributed by atoms with van der Waals surface area (Å²) >= 11 is 1.28. The molecular weight excluding hydrogens is 387 g/mol. The number of hydrogen-bond donors (Lipinski definition) is 1. The summed E-state index contributed by atoms with van der Waals surface area (Å²) in [7, 11) is 0.280. The molecule has 0 saturated carbocycles. The molecule has 0 aliphatic carbocycles. The van der Waals surface area contributed by atoms with Gasteiger partial charge in [0.05, 0.1) is 16.3 Å². The van der Waals surface area contributed by atoms with Crippen molar-refractivity contribution in [3.8, 4) is 21.7 Å². The van der Waals surface area contributed by atoms with Gasteiger partial charge in [0.25, 0.3) is 0 Å². The molecule has 2 N–H and O–H groups in total. The van der Waals surface area contributed by atoms with E-state index >= 15 is 0 Å². The van der Waals surface area contributed by atoms with Crippen molar-refractivity contribution in [2.75, 3.05) is 12.8 Å². The van der Waals surface area contributed by atoms with Crippen molar-refractivity contribution in [2.24, 2.45) is 10.7 Å². The fourth-order valence-electron chi connectivity index (χ4n) is 2.69. The summed E-state index contributed by atoms with van der Waals surface area (Å²) in [6.45, 7) is 0. The third-order valence-corrected chi connectivity index (χ3v) is 6.79. The molecule has 0 aromatic carbocycles. The maximum Gasteiger partial charge on any atom is 0.203 e. The summed E-state index contributed by atoms with van der Waals surface area (Å²) in [5.74, 6) is -0.0227. The highest BCUT2D eigenvalue weighted by Crippen LogP contribution is 2.37. The van der Waals surface area contributed by atoms with Crippen molar-refractivity contribution < 1.29 is 8.60 Å². The summed E-state index contributed by atoms with van der Waals surface area (Å²) in [5.41, 5.74) is 8.10. The minimum absolute atomic E-state index is 0.147. The number of aromatic nitrogens is 3. The van der Waals surface area contributed by atoms with Gasteiger partial charge in [0.1, 0.15) is 29.2 Å². The molecule has 0 amide bonds. The molecule has 2 unspecified atom stereocenters. The zero-order chi connectivity index (χ0) is 19.0. The molecule has 0 bridgehead atoms. The lowest BCUT2D eigenvalue weighted by Crippen LogP contribution is -2.41. The van der Waals surface area contributed by atoms with Crippen molar-refractivity contribution in [1.29, 1.82) is 0 Å². The molecule has 1 aliphatic heterocycles. The number of pyridine rings is 1. The predicted molar refractivity (Wildman–Crippen MR) is 104 cm³/mol. The summed E-state index contributed by atoms with van der Waals surface area (Å²) < 4.78 is 28.1. The van der Waals surface area contributed by atoms with E-state index in [-0.39, 0.29) is 17.5 Å². The lowest BCUT2D eigenvalue weighted by molar-refractivity contribution is 0.587. The second-order valence-corrected chi connectivity index (χ2v) is 8.48. The molecule has 0 saturated heterocycles. The van der Waals surface area contributed by atoms with Crippen LogP contribution in [-0.2, 0) is 11.0 Å². The molecular formula is C17H15FN6OS2. The first-order valence-corrected chi connectivity index (χ1v) is 10.1. The Balaban J connectivity index is 1.69. The number of hydrogen-bond acceptors (Lipinski definition) is 7. The van der Waals surface area contributed by atoms with E-state index in [1.54, 1.807) is 25.6 Å². The summed E-state index contributed by atoms with van der Waals surface area (Å²) in [6, 6.07) is 4.59. The Hall–Kier alpha value is -2.72. The molecule has 4 heterocycles. The molecule has 1 aliphatic rings. The number of rotatable bonds is 3. The number of halogens is 1. The van der Waals surface area contributed by atoms with Crippen LogP contribution in [0.5, 0.6) is 0 Å². The van der Waals surface area contributed by atoms with Gasteiger partial charge in [-0.15, -0.1) is 11.3 Å². The Labute approximate surface area is 161 Å². The highest BCUT2D eigenvalue weighted by Gasteiger charge is 2.28. The van der Waals surface area contributed by atoms with E-state index < -0.39 is 17.0 Å². The number of nitrogens with zero attached hydrogens (tertiary/aromatic N) is 5. The Morgan fingerprint density at radius 2 is 2.07 bits per heavy atom. The van der Waals surface area contributed by atoms with Gasteiger partial charge in [0.15, 0.2) is 0 Å². The SMILES string of the molecule is CN1C(N)=NC(c2sc(-c3ccnc(-c4cncnc4)c3)cc2F)CS1=O. The first kappa shape index (κ1) is 17.7. The fraction of sp³-hybridized carbons (Fsp3) is 0.176. The van der Waals surface area contributed by atoms with Crippen LogP contribution in [0.1, 0.15) is 10.9 Å². The van der Waals surface area contributed by atoms with Crippen molar-refractivity contribution >= 4 is 28.3 Å². The second kappa shape index (κ2) is 7.12. The zero-order valence-electron chi connectivity index (χ0n) is 14.2. The number of thiophene rings is 1. The molecule has 10 heteroatoms. The van der Waals surface area contributed by atoms with Crippen LogP contribution in [-0.4, -0.2) is 42.2 Å². The van der Waals surface area contributed by atoms with Gasteiger partial charge in [0.2, 0.25) is 5.96 Å². The molecule has 3 aromatic rings. The molecule has 3 aromatic heterocycles. The topological polar surface area (TPSA) is 97.4 Å². The van der Waals surface area contributed by atoms with Crippen molar-refractivity contribution in [1.82, 2.24) is 19.3 Å². The fourth-order valence-corrected chi connectivity index (χ4v) is 4.86. The van der Waals surface area contributed by atoms with Crippen LogP contribution in [0.3, 0.4) is 0 Å². The van der Waals surface area contributed by atoms with Gasteiger partial charge in [-0.3, -0.25) is 9.29 Å². The van der Waals surface area contributed by atoms with Gasteiger partial charge in [-0.1, -0.05) is 0 Å². The zero-order valence-corrected chi connectivity index (χ0v) is 15.9. The number of guanidine groups is 1. The van der Waals surface area contributed by atoms with Crippen LogP contribution in [0.4, 0.5) is 4.39 Å². The third kappa shape index (κ3) is 3.45. The molecule has 4 rings (SSSR count). The van der Waals surface area contributed by atoms with E-state index in [2.05, 4.69) is 19.9 Å². The van der Waals surface area contributed by atoms with E-state index in [1.807, 2.05) is 12.1 Å². The molecule has 2 atom stereocenters. The van der Waals surface area contributed by atoms with Gasteiger partial charge in [-0.05, 0) is 23.8 Å². The maximum atomic E-state index is 14.6. The lowest BCUT2D eigenvalue weighted by Gasteiger charge is -2.25. The van der Waals surface area contributed by atoms with Crippen molar-refractivity contribution in [2.45, 2.75) is 6.04 Å². The van der Waals surface area contributed by atoms with Gasteiger partial charge < -0.3 is 5.73 Å². The number of nitrogens with two attached hydrogens (primary N) is 1. The minimum Gasteiger partial charge on any atom is -0.369 e. The van der Waals surface area contributed by atoms with Crippen LogP contribution < -0.4 is 5.73 Å². The van der Waals surface area contributed by atoms with E-state index in [9.17, 15) is 8.60 Å². The van der Waals surface area contributed by atoms with Crippen LogP contribution in [0.2, 0.25) is 0 Å². The van der Waals surface area contributed by atoms with Gasteiger partial charge in [-0.25, -0.2) is 23.6 Å². The predicted octanol–water partition coefficient (Wildman–Crippen LogP) is 2.37. The molecule has 0 spiro atoms. The van der Waals surface area contributed by atoms with Gasteiger partial charge in [0, 0.05) is 36.1 Å². The number of aliphatic imine (C=N–C) groups is 1. The monoisotopic (exact) mass is 402 g/mol. The normalized spacial score (nSPS) is 19.8. The standard InChI is InChI=1S/C17H15FN6OS2/c1-24-17(19)23-14(8-27(24)25)16-12(18)5-15(26-16)10-2-3-22-13(4-10)11-6-20-9-21-7-11/h2-7,9,14H,8H2,1H3,(H2,19,23). The summed E-state index contributed by atoms with van der Waals surface area (Å²) in [5, 5.41) is 0. The highest BCUT2D eigenvalue weighted by atomic mass is 32.2. The minimum atomic E-state index is -1.32. The summed E-state index contributed by atoms with van der Waals surface area (Å²) in [6.07, 6.45) is 6.46. The second-order valence-electron chi connectivity index (χ2n) is 5.87. The highest BCUT2D eigenvalue weighted by molar-refractivity contribution is 7.83. The van der Waals surface area contributed by atoms with Gasteiger partial charge in [-0.2, -0.15) is 0 Å². The first-order valence-electron chi connectivity index (χ1n) is 7.99. The van der Waals surface area contributed by atoms with E-state index in [4.69, 9.17) is 5.73 Å². The first-order chi connectivity index (χ1) is 13.0. The van der Waals surface area contributed by atoms with Crippen LogP contribution >= 0.6 is 11.3 Å². The van der Waals surface area contributed by atoms with Crippen LogP contribution in [0, 0.1) is 5.82 Å². The van der Waals surface area contributed by atoms with E-state index in [0.717, 1.165) is 16.0 Å². The molecule has 0 fully saturated rings. The Morgan fingerprint density at radius 1 is 1.30 bits per heavy atom. The van der Waals surface area contributed by atoms with Crippen LogP contribution in [0.15, 0.2) is 48.1 Å². The third-order valence-electron chi connectivity index (χ3n) is 4.13. The average Bonchev–Trinajstić information content (AvgIpc) is 3.08. The molecule has 27 heavy (non-hydrogen) atoms. The Kier molecular flexibility index (Phi) is 4.66. The maximum absolute atomic E-state index is 14.6. The van der Waals surface area contributed by atoms with Crippen molar-refractivity contribution in [3.63, 3.8) is 0 Å². The molecule has 7 nitrogen and oxygen atoms in total. The van der Waals surface area contributed by atoms with Crippen molar-refractivity contribution in [3.05, 3.63) is 53.8 Å². The Bertz CT molecular complexity index is 1040. The quantitative estimate of drug-likeness (QED) is 0.725. The van der Waals surface area contributed by atoms with Crippen LogP contribution in [0.25, 0.3) is 21.7 Å². The lowest BCUT2D eigenvalue weighted by atomic mass is 10.1. The van der Waals surface area contributed by atoms with E-state index in [1.165, 1.54) is 28.0 Å². The molecule has 138 valence electrons. The molecule has 0 radical (unpaired) electrons. The largest absolute Gasteiger partial charge is 0.369 e. The summed E-state index contributed by atoms with van der Waals surface area (Å²) in [4.78, 5) is 17.8. The van der Waals surface area contributed by atoms with E-state index in [0.29, 0.717) is 10.6 Å². The Morgan fingerprint density at radius 3 is 2.81 bits per heavy atom. The average molecular weight is 402 g/mol. The van der Waals surface area contributed by atoms with Gasteiger partial charge >= 0.3 is 0 Å². The smallest absolute Gasteiger partial charge is 0.203 e.